The van der Waals surface area contributed by atoms with E-state index < -0.39 is 5.60 Å². The maximum atomic E-state index is 12.3. The minimum absolute atomic E-state index is 0.226. The molecule has 1 aliphatic heterocycles. The van der Waals surface area contributed by atoms with Crippen LogP contribution < -0.4 is 4.74 Å². The van der Waals surface area contributed by atoms with Crippen LogP contribution in [0.5, 0.6) is 5.75 Å². The molecule has 2 aliphatic rings. The van der Waals surface area contributed by atoms with Gasteiger partial charge in [-0.3, -0.25) is 0 Å². The number of carbonyl (C=O) groups is 1. The first-order valence-electron chi connectivity index (χ1n) is 10.5. The van der Waals surface area contributed by atoms with Crippen LogP contribution in [0.3, 0.4) is 0 Å². The molecule has 0 unspecified atom stereocenters. The molecule has 1 aliphatic carbocycles. The van der Waals surface area contributed by atoms with E-state index in [1.54, 1.807) is 4.90 Å². The Labute approximate surface area is 164 Å². The Balaban J connectivity index is 1.57. The van der Waals surface area contributed by atoms with Crippen LogP contribution in [0.1, 0.15) is 71.4 Å². The van der Waals surface area contributed by atoms with Crippen molar-refractivity contribution in [2.75, 3.05) is 6.54 Å². The SMILES string of the molecule is CC(C)C1CCC(Oc2ccc3c(c2)CCN(C(=O)OC(C)(C)C)C3)CC1. The van der Waals surface area contributed by atoms with Gasteiger partial charge in [-0.2, -0.15) is 0 Å². The van der Waals surface area contributed by atoms with Gasteiger partial charge in [0.15, 0.2) is 0 Å². The summed E-state index contributed by atoms with van der Waals surface area (Å²) in [6, 6.07) is 6.35. The first kappa shape index (κ1) is 20.0. The molecule has 3 rings (SSSR count). The van der Waals surface area contributed by atoms with Gasteiger partial charge in [-0.05, 0) is 88.0 Å². The molecule has 0 bridgehead atoms. The average molecular weight is 374 g/mol. The first-order chi connectivity index (χ1) is 12.7. The van der Waals surface area contributed by atoms with E-state index in [1.165, 1.54) is 24.0 Å². The molecule has 0 aromatic heterocycles. The number of hydrogen-bond acceptors (Lipinski definition) is 3. The normalized spacial score (nSPS) is 23.1. The van der Waals surface area contributed by atoms with Crippen molar-refractivity contribution in [3.8, 4) is 5.75 Å². The summed E-state index contributed by atoms with van der Waals surface area (Å²) in [6.07, 6.45) is 5.84. The standard InChI is InChI=1S/C23H35NO3/c1-16(2)17-6-9-20(10-7-17)26-21-11-8-19-15-24(13-12-18(19)14-21)22(25)27-23(3,4)5/h8,11,14,16-17,20H,6-7,9-10,12-13,15H2,1-5H3. The lowest BCUT2D eigenvalue weighted by Crippen LogP contribution is -2.39. The lowest BCUT2D eigenvalue weighted by Gasteiger charge is -2.32. The van der Waals surface area contributed by atoms with Gasteiger partial charge in [-0.15, -0.1) is 0 Å². The van der Waals surface area contributed by atoms with Gasteiger partial charge in [0.05, 0.1) is 6.10 Å². The van der Waals surface area contributed by atoms with Crippen LogP contribution in [0.4, 0.5) is 4.79 Å². The smallest absolute Gasteiger partial charge is 0.410 e. The van der Waals surface area contributed by atoms with Gasteiger partial charge >= 0.3 is 6.09 Å². The number of benzene rings is 1. The number of amides is 1. The van der Waals surface area contributed by atoms with Crippen LogP contribution in [-0.4, -0.2) is 29.2 Å². The molecule has 150 valence electrons. The molecule has 1 fully saturated rings. The van der Waals surface area contributed by atoms with Crippen LogP contribution in [0.25, 0.3) is 0 Å². The third kappa shape index (κ3) is 5.40. The van der Waals surface area contributed by atoms with Crippen molar-refractivity contribution >= 4 is 6.09 Å². The van der Waals surface area contributed by atoms with Gasteiger partial charge in [-0.25, -0.2) is 4.79 Å². The second-order valence-electron chi connectivity index (χ2n) is 9.48. The summed E-state index contributed by atoms with van der Waals surface area (Å²) in [6.45, 7) is 11.7. The second-order valence-corrected chi connectivity index (χ2v) is 9.48. The van der Waals surface area contributed by atoms with E-state index in [0.717, 1.165) is 36.8 Å². The molecule has 4 nitrogen and oxygen atoms in total. The van der Waals surface area contributed by atoms with Crippen molar-refractivity contribution < 1.29 is 14.3 Å². The third-order valence-corrected chi connectivity index (χ3v) is 5.81. The molecule has 0 spiro atoms. The van der Waals surface area contributed by atoms with Gasteiger partial charge in [0.25, 0.3) is 0 Å². The van der Waals surface area contributed by atoms with E-state index in [2.05, 4.69) is 32.0 Å². The van der Waals surface area contributed by atoms with E-state index in [-0.39, 0.29) is 6.09 Å². The minimum atomic E-state index is -0.455. The molecule has 1 saturated carbocycles. The van der Waals surface area contributed by atoms with E-state index in [4.69, 9.17) is 9.47 Å². The summed E-state index contributed by atoms with van der Waals surface area (Å²) in [5.41, 5.74) is 2.04. The summed E-state index contributed by atoms with van der Waals surface area (Å²) >= 11 is 0. The summed E-state index contributed by atoms with van der Waals surface area (Å²) in [4.78, 5) is 14.1. The maximum Gasteiger partial charge on any atom is 0.410 e. The molecular formula is C23H35NO3. The van der Waals surface area contributed by atoms with E-state index in [0.29, 0.717) is 19.2 Å². The highest BCUT2D eigenvalue weighted by Crippen LogP contribution is 2.33. The summed E-state index contributed by atoms with van der Waals surface area (Å²) < 4.78 is 11.8. The Kier molecular flexibility index (Phi) is 6.02. The van der Waals surface area contributed by atoms with Gasteiger partial charge in [0, 0.05) is 13.1 Å². The molecule has 1 amide bonds. The fourth-order valence-electron chi connectivity index (χ4n) is 4.15. The average Bonchev–Trinajstić information content (AvgIpc) is 2.60. The van der Waals surface area contributed by atoms with Crippen LogP contribution in [0, 0.1) is 11.8 Å². The number of hydrogen-bond donors (Lipinski definition) is 0. The van der Waals surface area contributed by atoms with Crippen LogP contribution in [0.2, 0.25) is 0 Å². The lowest BCUT2D eigenvalue weighted by molar-refractivity contribution is 0.0224. The molecule has 0 saturated heterocycles. The molecule has 0 N–H and O–H groups in total. The van der Waals surface area contributed by atoms with Crippen LogP contribution >= 0.6 is 0 Å². The van der Waals surface area contributed by atoms with Gasteiger partial charge in [-0.1, -0.05) is 19.9 Å². The van der Waals surface area contributed by atoms with Crippen molar-refractivity contribution in [3.05, 3.63) is 29.3 Å². The third-order valence-electron chi connectivity index (χ3n) is 5.81. The molecule has 1 aromatic rings. The minimum Gasteiger partial charge on any atom is -0.490 e. The van der Waals surface area contributed by atoms with Crippen LogP contribution in [0.15, 0.2) is 18.2 Å². The van der Waals surface area contributed by atoms with E-state index in [9.17, 15) is 4.79 Å². The van der Waals surface area contributed by atoms with E-state index >= 15 is 0 Å². The van der Waals surface area contributed by atoms with Crippen molar-refractivity contribution in [2.45, 2.75) is 85.0 Å². The maximum absolute atomic E-state index is 12.3. The van der Waals surface area contributed by atoms with Crippen molar-refractivity contribution in [1.82, 2.24) is 4.90 Å². The summed E-state index contributed by atoms with van der Waals surface area (Å²) in [5, 5.41) is 0. The predicted molar refractivity (Wildman–Crippen MR) is 108 cm³/mol. The number of nitrogens with zero attached hydrogens (tertiary/aromatic N) is 1. The molecule has 4 heteroatoms. The summed E-state index contributed by atoms with van der Waals surface area (Å²) in [5.74, 6) is 2.61. The Morgan fingerprint density at radius 1 is 1.11 bits per heavy atom. The van der Waals surface area contributed by atoms with Gasteiger partial charge < -0.3 is 14.4 Å². The van der Waals surface area contributed by atoms with Gasteiger partial charge in [0.2, 0.25) is 0 Å². The topological polar surface area (TPSA) is 38.8 Å². The summed E-state index contributed by atoms with van der Waals surface area (Å²) in [7, 11) is 0. The Bertz CT molecular complexity index is 654. The molecule has 0 radical (unpaired) electrons. The largest absolute Gasteiger partial charge is 0.490 e. The van der Waals surface area contributed by atoms with Crippen LogP contribution in [-0.2, 0) is 17.7 Å². The number of carbonyl (C=O) groups excluding carboxylic acids is 1. The zero-order valence-electron chi connectivity index (χ0n) is 17.6. The molecule has 0 atom stereocenters. The highest BCUT2D eigenvalue weighted by molar-refractivity contribution is 5.68. The highest BCUT2D eigenvalue weighted by Gasteiger charge is 2.27. The quantitative estimate of drug-likeness (QED) is 0.695. The first-order valence-corrected chi connectivity index (χ1v) is 10.5. The predicted octanol–water partition coefficient (Wildman–Crippen LogP) is 5.57. The number of rotatable bonds is 3. The van der Waals surface area contributed by atoms with Crippen molar-refractivity contribution in [2.24, 2.45) is 11.8 Å². The molecule has 1 aromatic carbocycles. The highest BCUT2D eigenvalue weighted by atomic mass is 16.6. The fraction of sp³-hybridized carbons (Fsp3) is 0.696. The molecular weight excluding hydrogens is 338 g/mol. The number of ether oxygens (including phenoxy) is 2. The van der Waals surface area contributed by atoms with Crippen molar-refractivity contribution in [3.63, 3.8) is 0 Å². The Hall–Kier alpha value is -1.71. The molecule has 27 heavy (non-hydrogen) atoms. The van der Waals surface area contributed by atoms with E-state index in [1.807, 2.05) is 20.8 Å². The Morgan fingerprint density at radius 2 is 1.81 bits per heavy atom. The zero-order valence-corrected chi connectivity index (χ0v) is 17.6. The monoisotopic (exact) mass is 373 g/mol. The molecule has 1 heterocycles. The number of fused-ring (bicyclic) bond motifs is 1. The fourth-order valence-corrected chi connectivity index (χ4v) is 4.15. The Morgan fingerprint density at radius 3 is 2.44 bits per heavy atom. The van der Waals surface area contributed by atoms with Gasteiger partial charge in [0.1, 0.15) is 11.4 Å². The second kappa shape index (κ2) is 8.12. The zero-order chi connectivity index (χ0) is 19.6. The van der Waals surface area contributed by atoms with Crippen molar-refractivity contribution in [1.29, 1.82) is 0 Å². The lowest BCUT2D eigenvalue weighted by atomic mass is 9.80.